The molecule has 0 unspecified atom stereocenters. The van der Waals surface area contributed by atoms with Crippen LogP contribution in [0.1, 0.15) is 24.1 Å². The number of aromatic nitrogens is 1. The van der Waals surface area contributed by atoms with Gasteiger partial charge in [0.2, 0.25) is 5.91 Å². The first-order chi connectivity index (χ1) is 12.0. The van der Waals surface area contributed by atoms with Crippen LogP contribution in [-0.2, 0) is 4.79 Å². The van der Waals surface area contributed by atoms with Crippen molar-refractivity contribution < 1.29 is 14.8 Å². The fourth-order valence-corrected chi connectivity index (χ4v) is 2.74. The number of nitrogens with zero attached hydrogens (tertiary/aromatic N) is 2. The lowest BCUT2D eigenvalue weighted by Crippen LogP contribution is -2.27. The van der Waals surface area contributed by atoms with Gasteiger partial charge in [0, 0.05) is 36.2 Å². The molecule has 1 atom stereocenters. The largest absolute Gasteiger partial charge is 0.505 e. The zero-order valence-electron chi connectivity index (χ0n) is 13.3. The highest BCUT2D eigenvalue weighted by molar-refractivity contribution is 5.86. The highest BCUT2D eigenvalue weighted by Gasteiger charge is 2.22. The Hall–Kier alpha value is -3.48. The monoisotopic (exact) mass is 337 g/mol. The van der Waals surface area contributed by atoms with Crippen LogP contribution in [-0.4, -0.2) is 20.9 Å². The third-order valence-electron chi connectivity index (χ3n) is 3.85. The number of fused-ring (bicyclic) bond motifs is 1. The van der Waals surface area contributed by atoms with Crippen LogP contribution in [0.2, 0.25) is 0 Å². The van der Waals surface area contributed by atoms with E-state index in [1.807, 2.05) is 6.07 Å². The van der Waals surface area contributed by atoms with Crippen molar-refractivity contribution in [2.75, 3.05) is 0 Å². The van der Waals surface area contributed by atoms with Crippen LogP contribution >= 0.6 is 0 Å². The Labute approximate surface area is 143 Å². The van der Waals surface area contributed by atoms with Crippen LogP contribution in [0.15, 0.2) is 54.7 Å². The lowest BCUT2D eigenvalue weighted by molar-refractivity contribution is -0.384. The minimum atomic E-state index is -0.733. The predicted octanol–water partition coefficient (Wildman–Crippen LogP) is 3.07. The second-order valence-electron chi connectivity index (χ2n) is 5.56. The molecular weight excluding hydrogens is 322 g/mol. The molecule has 25 heavy (non-hydrogen) atoms. The molecule has 126 valence electrons. The first-order valence-electron chi connectivity index (χ1n) is 7.55. The van der Waals surface area contributed by atoms with E-state index < -0.39 is 11.0 Å². The molecule has 1 heterocycles. The molecule has 0 bridgehead atoms. The number of phenolic OH excluding ortho intramolecular Hbond substituents is 1. The van der Waals surface area contributed by atoms with Gasteiger partial charge < -0.3 is 10.4 Å². The van der Waals surface area contributed by atoms with Gasteiger partial charge in [0.05, 0.1) is 11.0 Å². The quantitative estimate of drug-likeness (QED) is 0.562. The zero-order chi connectivity index (χ0) is 18.0. The summed E-state index contributed by atoms with van der Waals surface area (Å²) in [5.74, 6) is -0.389. The maximum atomic E-state index is 11.7. The van der Waals surface area contributed by atoms with E-state index in [9.17, 15) is 20.0 Å². The molecule has 7 heteroatoms. The summed E-state index contributed by atoms with van der Waals surface area (Å²) in [6.07, 6.45) is 1.56. The highest BCUT2D eigenvalue weighted by Crippen LogP contribution is 2.35. The van der Waals surface area contributed by atoms with Gasteiger partial charge in [0.25, 0.3) is 5.69 Å². The number of carbonyl (C=O) groups is 1. The standard InChI is InChI=1S/C18H15N3O4/c1-11(22)20-16(13-4-2-6-14(10-13)21(24)25)15-8-7-12-5-3-9-19-17(12)18(15)23/h2-10,16,23H,1H3,(H,20,22)/t16-/m0/s1. The van der Waals surface area contributed by atoms with Gasteiger partial charge in [-0.2, -0.15) is 0 Å². The van der Waals surface area contributed by atoms with Gasteiger partial charge in [-0.3, -0.25) is 19.9 Å². The van der Waals surface area contributed by atoms with Crippen molar-refractivity contribution in [3.05, 3.63) is 76.0 Å². The van der Waals surface area contributed by atoms with Crippen LogP contribution in [0.5, 0.6) is 5.75 Å². The molecule has 0 aliphatic heterocycles. The van der Waals surface area contributed by atoms with Crippen molar-refractivity contribution in [3.63, 3.8) is 0 Å². The smallest absolute Gasteiger partial charge is 0.269 e. The van der Waals surface area contributed by atoms with Crippen LogP contribution < -0.4 is 5.32 Å². The van der Waals surface area contributed by atoms with Crippen LogP contribution in [0, 0.1) is 10.1 Å². The lowest BCUT2D eigenvalue weighted by atomic mass is 9.96. The van der Waals surface area contributed by atoms with E-state index in [1.165, 1.54) is 19.1 Å². The highest BCUT2D eigenvalue weighted by atomic mass is 16.6. The average molecular weight is 337 g/mol. The Bertz CT molecular complexity index is 971. The molecule has 0 aliphatic rings. The summed E-state index contributed by atoms with van der Waals surface area (Å²) in [6.45, 7) is 1.35. The Balaban J connectivity index is 2.17. The van der Waals surface area contributed by atoms with E-state index in [0.717, 1.165) is 5.39 Å². The summed E-state index contributed by atoms with van der Waals surface area (Å²) >= 11 is 0. The number of hydrogen-bond donors (Lipinski definition) is 2. The van der Waals surface area contributed by atoms with Gasteiger partial charge in [0.1, 0.15) is 11.3 Å². The first kappa shape index (κ1) is 16.4. The number of nitrogens with one attached hydrogen (secondary N) is 1. The second kappa shape index (κ2) is 6.56. The van der Waals surface area contributed by atoms with E-state index in [1.54, 1.807) is 36.5 Å². The van der Waals surface area contributed by atoms with E-state index >= 15 is 0 Å². The molecule has 0 saturated carbocycles. The molecule has 2 N–H and O–H groups in total. The molecule has 1 amide bonds. The van der Waals surface area contributed by atoms with Crippen molar-refractivity contribution in [2.24, 2.45) is 0 Å². The van der Waals surface area contributed by atoms with Gasteiger partial charge in [-0.1, -0.05) is 30.3 Å². The van der Waals surface area contributed by atoms with Gasteiger partial charge in [-0.15, -0.1) is 0 Å². The molecule has 0 spiro atoms. The SMILES string of the molecule is CC(=O)N[C@@H](c1cccc([N+](=O)[O-])c1)c1ccc2cccnc2c1O. The number of non-ortho nitro benzene ring substituents is 1. The van der Waals surface area contributed by atoms with E-state index in [2.05, 4.69) is 10.3 Å². The molecule has 3 aromatic rings. The maximum absolute atomic E-state index is 11.7. The third kappa shape index (κ3) is 3.25. The summed E-state index contributed by atoms with van der Waals surface area (Å²) in [4.78, 5) is 26.4. The first-order valence-corrected chi connectivity index (χ1v) is 7.55. The van der Waals surface area contributed by atoms with Crippen molar-refractivity contribution in [1.29, 1.82) is 0 Å². The molecule has 0 radical (unpaired) electrons. The van der Waals surface area contributed by atoms with Gasteiger partial charge in [-0.25, -0.2) is 0 Å². The summed E-state index contributed by atoms with van der Waals surface area (Å²) in [5.41, 5.74) is 1.23. The minimum absolute atomic E-state index is 0.0663. The summed E-state index contributed by atoms with van der Waals surface area (Å²) in [7, 11) is 0. The van der Waals surface area contributed by atoms with Crippen LogP contribution in [0.3, 0.4) is 0 Å². The van der Waals surface area contributed by atoms with Crippen LogP contribution in [0.4, 0.5) is 5.69 Å². The third-order valence-corrected chi connectivity index (χ3v) is 3.85. The van der Waals surface area contributed by atoms with Gasteiger partial charge >= 0.3 is 0 Å². The molecule has 1 aromatic heterocycles. The molecule has 7 nitrogen and oxygen atoms in total. The van der Waals surface area contributed by atoms with Crippen molar-refractivity contribution in [1.82, 2.24) is 10.3 Å². The number of benzene rings is 2. The number of nitro groups is 1. The van der Waals surface area contributed by atoms with Crippen molar-refractivity contribution in [3.8, 4) is 5.75 Å². The maximum Gasteiger partial charge on any atom is 0.269 e. The number of phenols is 1. The molecule has 0 aliphatic carbocycles. The number of amides is 1. The topological polar surface area (TPSA) is 105 Å². The number of hydrogen-bond acceptors (Lipinski definition) is 5. The average Bonchev–Trinajstić information content (AvgIpc) is 2.60. The zero-order valence-corrected chi connectivity index (χ0v) is 13.3. The normalized spacial score (nSPS) is 11.9. The fourth-order valence-electron chi connectivity index (χ4n) is 2.74. The molecule has 3 rings (SSSR count). The Morgan fingerprint density at radius 3 is 2.76 bits per heavy atom. The van der Waals surface area contributed by atoms with Crippen molar-refractivity contribution >= 4 is 22.5 Å². The van der Waals surface area contributed by atoms with E-state index in [4.69, 9.17) is 0 Å². The van der Waals surface area contributed by atoms with E-state index in [-0.39, 0.29) is 17.3 Å². The number of aromatic hydroxyl groups is 1. The number of carbonyl (C=O) groups excluding carboxylic acids is 1. The van der Waals surface area contributed by atoms with E-state index in [0.29, 0.717) is 16.6 Å². The summed E-state index contributed by atoms with van der Waals surface area (Å²) in [6, 6.07) is 12.2. The Kier molecular flexibility index (Phi) is 4.30. The van der Waals surface area contributed by atoms with Gasteiger partial charge in [0.15, 0.2) is 0 Å². The Morgan fingerprint density at radius 1 is 1.24 bits per heavy atom. The number of pyridine rings is 1. The minimum Gasteiger partial charge on any atom is -0.505 e. The second-order valence-corrected chi connectivity index (χ2v) is 5.56. The summed E-state index contributed by atoms with van der Waals surface area (Å²) < 4.78 is 0. The van der Waals surface area contributed by atoms with Crippen LogP contribution in [0.25, 0.3) is 10.9 Å². The molecule has 2 aromatic carbocycles. The summed E-state index contributed by atoms with van der Waals surface area (Å²) in [5, 5.41) is 25.1. The lowest BCUT2D eigenvalue weighted by Gasteiger charge is -2.20. The van der Waals surface area contributed by atoms with Crippen molar-refractivity contribution in [2.45, 2.75) is 13.0 Å². The Morgan fingerprint density at radius 2 is 2.04 bits per heavy atom. The van der Waals surface area contributed by atoms with Gasteiger partial charge in [-0.05, 0) is 11.6 Å². The molecule has 0 saturated heterocycles. The number of nitro benzene ring substituents is 1. The number of rotatable bonds is 4. The predicted molar refractivity (Wildman–Crippen MR) is 92.2 cm³/mol. The fraction of sp³-hybridized carbons (Fsp3) is 0.111. The molecular formula is C18H15N3O4. The molecule has 0 fully saturated rings.